The Labute approximate surface area is 121 Å². The number of aryl methyl sites for hydroxylation is 1. The number of aromatic carboxylic acids is 1. The van der Waals surface area contributed by atoms with Crippen LogP contribution in [0.1, 0.15) is 29.8 Å². The van der Waals surface area contributed by atoms with E-state index in [1.807, 2.05) is 6.92 Å². The third-order valence-electron chi connectivity index (χ3n) is 1.99. The zero-order valence-electron chi connectivity index (χ0n) is 11.7. The maximum Gasteiger partial charge on any atom is 0.505 e. The Hall–Kier alpha value is -1.73. The van der Waals surface area contributed by atoms with Crippen LogP contribution in [0.2, 0.25) is 0 Å². The molecular weight excluding hydrogens is 303 g/mol. The van der Waals surface area contributed by atoms with Crippen LogP contribution in [-0.4, -0.2) is 26.8 Å². The molecule has 0 unspecified atom stereocenters. The molecule has 0 spiro atoms. The van der Waals surface area contributed by atoms with Crippen LogP contribution in [-0.2, 0) is 18.9 Å². The standard InChI is InChI=1S/C8H8O2.C4H9O6P/c1-6-2-4-7(5-3-6)8(9)10;1-3(2)4(5)9-10-11(6,7)8/h2-5H,1H3,(H,9,10);3H,1-2H3,(H2,6,7,8). The van der Waals surface area contributed by atoms with Crippen LogP contribution in [0.25, 0.3) is 0 Å². The fraction of sp³-hybridized carbons (Fsp3) is 0.333. The lowest BCUT2D eigenvalue weighted by atomic mass is 10.2. The van der Waals surface area contributed by atoms with E-state index in [9.17, 15) is 14.2 Å². The van der Waals surface area contributed by atoms with Gasteiger partial charge in [-0.2, -0.15) is 0 Å². The van der Waals surface area contributed by atoms with Gasteiger partial charge < -0.3 is 14.9 Å². The molecule has 0 aliphatic carbocycles. The van der Waals surface area contributed by atoms with Crippen molar-refractivity contribution in [2.45, 2.75) is 20.8 Å². The van der Waals surface area contributed by atoms with Crippen LogP contribution in [0.5, 0.6) is 0 Å². The SMILES string of the molecule is CC(C)C(=O)OOP(=O)(O)O.Cc1ccc(C(=O)O)cc1. The molecule has 0 saturated heterocycles. The summed E-state index contributed by atoms with van der Waals surface area (Å²) in [4.78, 5) is 40.7. The summed E-state index contributed by atoms with van der Waals surface area (Å²) in [5.74, 6) is -2.19. The number of hydrogen-bond acceptors (Lipinski definition) is 5. The summed E-state index contributed by atoms with van der Waals surface area (Å²) < 4.78 is 13.4. The van der Waals surface area contributed by atoms with Gasteiger partial charge in [0, 0.05) is 0 Å². The van der Waals surface area contributed by atoms with Crippen molar-refractivity contribution >= 4 is 19.8 Å². The van der Waals surface area contributed by atoms with Crippen LogP contribution in [0.15, 0.2) is 24.3 Å². The first-order valence-electron chi connectivity index (χ1n) is 5.78. The van der Waals surface area contributed by atoms with E-state index >= 15 is 0 Å². The number of carbonyl (C=O) groups excluding carboxylic acids is 1. The van der Waals surface area contributed by atoms with Crippen molar-refractivity contribution in [2.24, 2.45) is 5.92 Å². The minimum Gasteiger partial charge on any atom is -0.478 e. The van der Waals surface area contributed by atoms with Gasteiger partial charge in [-0.05, 0) is 19.1 Å². The summed E-state index contributed by atoms with van der Waals surface area (Å²) in [6, 6.07) is 6.75. The van der Waals surface area contributed by atoms with Crippen LogP contribution in [0, 0.1) is 12.8 Å². The lowest BCUT2D eigenvalue weighted by molar-refractivity contribution is -0.226. The van der Waals surface area contributed by atoms with Gasteiger partial charge in [-0.25, -0.2) is 14.2 Å². The number of phosphoric acid groups is 1. The Kier molecular flexibility index (Phi) is 7.83. The number of rotatable bonds is 4. The second kappa shape index (κ2) is 8.53. The molecule has 1 rings (SSSR count). The zero-order valence-corrected chi connectivity index (χ0v) is 12.6. The van der Waals surface area contributed by atoms with E-state index < -0.39 is 25.7 Å². The van der Waals surface area contributed by atoms with Crippen LogP contribution < -0.4 is 0 Å². The predicted octanol–water partition coefficient (Wildman–Crippen LogP) is 1.90. The van der Waals surface area contributed by atoms with Gasteiger partial charge in [0.1, 0.15) is 0 Å². The predicted molar refractivity (Wildman–Crippen MR) is 72.2 cm³/mol. The molecule has 0 saturated carbocycles. The third kappa shape index (κ3) is 9.75. The first-order valence-corrected chi connectivity index (χ1v) is 7.31. The summed E-state index contributed by atoms with van der Waals surface area (Å²) in [6.45, 7) is 4.93. The van der Waals surface area contributed by atoms with Crippen molar-refractivity contribution in [1.82, 2.24) is 0 Å². The second-order valence-electron chi connectivity index (χ2n) is 4.29. The van der Waals surface area contributed by atoms with Gasteiger partial charge in [0.05, 0.1) is 11.5 Å². The van der Waals surface area contributed by atoms with Crippen molar-refractivity contribution in [3.63, 3.8) is 0 Å². The van der Waals surface area contributed by atoms with Gasteiger partial charge in [-0.15, -0.1) is 0 Å². The first-order chi connectivity index (χ1) is 9.53. The molecule has 118 valence electrons. The minimum atomic E-state index is -4.70. The summed E-state index contributed by atoms with van der Waals surface area (Å²) in [6.07, 6.45) is 0. The van der Waals surface area contributed by atoms with Crippen molar-refractivity contribution in [3.05, 3.63) is 35.4 Å². The topological polar surface area (TPSA) is 130 Å². The van der Waals surface area contributed by atoms with Crippen LogP contribution in [0.3, 0.4) is 0 Å². The average Bonchev–Trinajstić information content (AvgIpc) is 2.36. The van der Waals surface area contributed by atoms with Crippen molar-refractivity contribution in [1.29, 1.82) is 0 Å². The van der Waals surface area contributed by atoms with Crippen LogP contribution in [0.4, 0.5) is 0 Å². The molecule has 0 bridgehead atoms. The largest absolute Gasteiger partial charge is 0.505 e. The Balaban J connectivity index is 0.000000382. The highest BCUT2D eigenvalue weighted by atomic mass is 31.2. The fourth-order valence-corrected chi connectivity index (χ4v) is 1.05. The van der Waals surface area contributed by atoms with E-state index in [4.69, 9.17) is 14.9 Å². The number of carboxylic acids is 1. The Bertz CT molecular complexity index is 517. The second-order valence-corrected chi connectivity index (χ2v) is 5.42. The Morgan fingerprint density at radius 1 is 1.14 bits per heavy atom. The van der Waals surface area contributed by atoms with Gasteiger partial charge in [-0.1, -0.05) is 36.2 Å². The molecule has 0 heterocycles. The third-order valence-corrected chi connectivity index (χ3v) is 2.26. The quantitative estimate of drug-likeness (QED) is 0.435. The highest BCUT2D eigenvalue weighted by Gasteiger charge is 2.20. The molecule has 0 aromatic heterocycles. The molecule has 0 amide bonds. The smallest absolute Gasteiger partial charge is 0.478 e. The van der Waals surface area contributed by atoms with E-state index in [1.165, 1.54) is 13.8 Å². The molecule has 0 aliphatic heterocycles. The van der Waals surface area contributed by atoms with Crippen molar-refractivity contribution in [3.8, 4) is 0 Å². The summed E-state index contributed by atoms with van der Waals surface area (Å²) in [5, 5.41) is 8.48. The molecule has 0 fully saturated rings. The first kappa shape index (κ1) is 19.3. The number of carboxylic acid groups (broad SMARTS) is 1. The molecule has 8 nitrogen and oxygen atoms in total. The van der Waals surface area contributed by atoms with Crippen molar-refractivity contribution < 1.29 is 38.6 Å². The number of hydrogen-bond donors (Lipinski definition) is 3. The van der Waals surface area contributed by atoms with Crippen LogP contribution >= 0.6 is 7.82 Å². The maximum absolute atomic E-state index is 10.5. The molecule has 3 N–H and O–H groups in total. The number of benzene rings is 1. The average molecular weight is 320 g/mol. The molecule has 0 atom stereocenters. The van der Waals surface area contributed by atoms with E-state index in [-0.39, 0.29) is 0 Å². The zero-order chi connectivity index (χ0) is 16.6. The maximum atomic E-state index is 10.5. The highest BCUT2D eigenvalue weighted by molar-refractivity contribution is 7.46. The monoisotopic (exact) mass is 320 g/mol. The van der Waals surface area contributed by atoms with E-state index in [1.54, 1.807) is 24.3 Å². The molecule has 1 aromatic rings. The van der Waals surface area contributed by atoms with Gasteiger partial charge in [0.25, 0.3) is 0 Å². The fourth-order valence-electron chi connectivity index (χ4n) is 0.878. The van der Waals surface area contributed by atoms with Crippen molar-refractivity contribution in [2.75, 3.05) is 0 Å². The van der Waals surface area contributed by atoms with E-state index in [0.717, 1.165) is 5.56 Å². The van der Waals surface area contributed by atoms with Gasteiger partial charge in [0.2, 0.25) is 0 Å². The summed E-state index contributed by atoms with van der Waals surface area (Å²) in [5.41, 5.74) is 1.41. The molecular formula is C12H17O8P. The molecule has 9 heteroatoms. The molecule has 1 aromatic carbocycles. The van der Waals surface area contributed by atoms with Gasteiger partial charge in [0.15, 0.2) is 0 Å². The summed E-state index contributed by atoms with van der Waals surface area (Å²) >= 11 is 0. The van der Waals surface area contributed by atoms with E-state index in [2.05, 4.69) is 9.56 Å². The number of carbonyl (C=O) groups is 2. The Morgan fingerprint density at radius 3 is 1.95 bits per heavy atom. The van der Waals surface area contributed by atoms with E-state index in [0.29, 0.717) is 5.56 Å². The van der Waals surface area contributed by atoms with Gasteiger partial charge in [-0.3, -0.25) is 4.89 Å². The normalized spacial score (nSPS) is 10.6. The Morgan fingerprint density at radius 2 is 1.62 bits per heavy atom. The molecule has 0 aliphatic rings. The molecule has 0 radical (unpaired) electrons. The summed E-state index contributed by atoms with van der Waals surface area (Å²) in [7, 11) is -4.70. The highest BCUT2D eigenvalue weighted by Crippen LogP contribution is 2.36. The lowest BCUT2D eigenvalue weighted by Crippen LogP contribution is -2.10. The molecule has 21 heavy (non-hydrogen) atoms. The van der Waals surface area contributed by atoms with Gasteiger partial charge >= 0.3 is 19.8 Å². The lowest BCUT2D eigenvalue weighted by Gasteiger charge is -2.04. The minimum absolute atomic E-state index is 0.339.